The van der Waals surface area contributed by atoms with E-state index in [4.69, 9.17) is 0 Å². The van der Waals surface area contributed by atoms with Crippen molar-refractivity contribution in [2.24, 2.45) is 12.0 Å². The zero-order chi connectivity index (χ0) is 19.7. The topological polar surface area (TPSA) is 125 Å². The zero-order valence-electron chi connectivity index (χ0n) is 15.1. The lowest BCUT2D eigenvalue weighted by molar-refractivity contribution is 0.447. The van der Waals surface area contributed by atoms with E-state index in [1.54, 1.807) is 37.7 Å². The zero-order valence-corrected chi connectivity index (χ0v) is 15.1. The molecule has 2 heterocycles. The van der Waals surface area contributed by atoms with Gasteiger partial charge in [0.1, 0.15) is 5.56 Å². The third-order valence-electron chi connectivity index (χ3n) is 4.32. The molecular weight excluding hydrogens is 350 g/mol. The van der Waals surface area contributed by atoms with E-state index in [0.29, 0.717) is 11.4 Å². The second-order valence-corrected chi connectivity index (χ2v) is 5.95. The van der Waals surface area contributed by atoms with Gasteiger partial charge in [0.25, 0.3) is 11.1 Å². The third kappa shape index (κ3) is 3.14. The van der Waals surface area contributed by atoms with E-state index in [0.717, 1.165) is 0 Å². The first-order valence-electron chi connectivity index (χ1n) is 8.32. The quantitative estimate of drug-likeness (QED) is 0.595. The Labute approximate surface area is 153 Å². The Morgan fingerprint density at radius 2 is 1.81 bits per heavy atom. The van der Waals surface area contributed by atoms with E-state index in [1.807, 2.05) is 18.2 Å². The molecule has 9 nitrogen and oxygen atoms in total. The molecule has 0 atom stereocenters. The lowest BCUT2D eigenvalue weighted by Crippen LogP contribution is -2.27. The maximum atomic E-state index is 12.9. The van der Waals surface area contributed by atoms with E-state index in [2.05, 4.69) is 15.0 Å². The van der Waals surface area contributed by atoms with Crippen LogP contribution < -0.4 is 16.8 Å². The van der Waals surface area contributed by atoms with E-state index in [9.17, 15) is 19.5 Å². The van der Waals surface area contributed by atoms with Crippen molar-refractivity contribution in [2.75, 3.05) is 0 Å². The second-order valence-electron chi connectivity index (χ2n) is 5.95. The molecule has 27 heavy (non-hydrogen) atoms. The number of rotatable bonds is 4. The maximum Gasteiger partial charge on any atom is 0.328 e. The molecular formula is C18H19N5O4. The summed E-state index contributed by atoms with van der Waals surface area (Å²) in [5.41, 5.74) is -0.488. The standard InChI is InChI=1S/C18H19N5O4/c1-4-12(13-15(24)20-18(27)21-16(13)25)19-14-10(2)22(3)23(17(14)26)11-8-6-5-7-9-11/h5-9H,4H2,1-3H3,(H3,20,21,24,25,27). The molecule has 3 rings (SSSR count). The Balaban J connectivity index is 2.25. The van der Waals surface area contributed by atoms with Crippen LogP contribution >= 0.6 is 0 Å². The van der Waals surface area contributed by atoms with Crippen LogP contribution in [0.15, 0.2) is 49.7 Å². The fraction of sp³-hybridized carbons (Fsp3) is 0.222. The summed E-state index contributed by atoms with van der Waals surface area (Å²) in [7, 11) is 1.73. The van der Waals surface area contributed by atoms with Crippen molar-refractivity contribution in [3.8, 4) is 11.6 Å². The number of hydrogen-bond acceptors (Lipinski definition) is 5. The van der Waals surface area contributed by atoms with Gasteiger partial charge in [-0.3, -0.25) is 24.2 Å². The molecule has 0 saturated heterocycles. The number of aromatic amines is 2. The maximum absolute atomic E-state index is 12.9. The van der Waals surface area contributed by atoms with E-state index < -0.39 is 17.1 Å². The molecule has 0 bridgehead atoms. The monoisotopic (exact) mass is 369 g/mol. The van der Waals surface area contributed by atoms with Crippen LogP contribution in [0.5, 0.6) is 5.88 Å². The van der Waals surface area contributed by atoms with Crippen LogP contribution in [0.2, 0.25) is 0 Å². The van der Waals surface area contributed by atoms with Crippen molar-refractivity contribution in [3.63, 3.8) is 0 Å². The number of aromatic nitrogens is 4. The average molecular weight is 369 g/mol. The van der Waals surface area contributed by atoms with Crippen LogP contribution in [0, 0.1) is 6.92 Å². The predicted molar refractivity (Wildman–Crippen MR) is 102 cm³/mol. The molecule has 0 aliphatic carbocycles. The summed E-state index contributed by atoms with van der Waals surface area (Å²) in [4.78, 5) is 44.9. The van der Waals surface area contributed by atoms with E-state index in [-0.39, 0.29) is 28.9 Å². The Kier molecular flexibility index (Phi) is 4.68. The highest BCUT2D eigenvalue weighted by atomic mass is 16.3. The van der Waals surface area contributed by atoms with Crippen molar-refractivity contribution in [1.82, 2.24) is 19.3 Å². The van der Waals surface area contributed by atoms with Crippen molar-refractivity contribution >= 4 is 11.4 Å². The first-order valence-corrected chi connectivity index (χ1v) is 8.32. The fourth-order valence-corrected chi connectivity index (χ4v) is 2.87. The minimum atomic E-state index is -0.820. The third-order valence-corrected chi connectivity index (χ3v) is 4.32. The van der Waals surface area contributed by atoms with Crippen molar-refractivity contribution < 1.29 is 5.11 Å². The Bertz CT molecular complexity index is 1200. The molecule has 0 unspecified atom stereocenters. The normalized spacial score (nSPS) is 11.7. The first-order chi connectivity index (χ1) is 12.8. The minimum absolute atomic E-state index is 0.156. The summed E-state index contributed by atoms with van der Waals surface area (Å²) in [6, 6.07) is 9.09. The van der Waals surface area contributed by atoms with Gasteiger partial charge in [0, 0.05) is 7.05 Å². The van der Waals surface area contributed by atoms with Gasteiger partial charge in [-0.05, 0) is 25.5 Å². The van der Waals surface area contributed by atoms with Gasteiger partial charge in [0.05, 0.1) is 17.1 Å². The molecule has 0 spiro atoms. The van der Waals surface area contributed by atoms with Crippen LogP contribution in [-0.2, 0) is 7.05 Å². The smallest absolute Gasteiger partial charge is 0.328 e. The van der Waals surface area contributed by atoms with Crippen LogP contribution in [0.25, 0.3) is 5.69 Å². The molecule has 0 fully saturated rings. The van der Waals surface area contributed by atoms with Crippen molar-refractivity contribution in [2.45, 2.75) is 20.3 Å². The molecule has 2 aromatic heterocycles. The number of para-hydroxylation sites is 1. The molecule has 0 amide bonds. The lowest BCUT2D eigenvalue weighted by atomic mass is 10.1. The van der Waals surface area contributed by atoms with Crippen LogP contribution in [0.1, 0.15) is 24.6 Å². The molecule has 0 aliphatic heterocycles. The minimum Gasteiger partial charge on any atom is -0.494 e. The number of aromatic hydroxyl groups is 1. The van der Waals surface area contributed by atoms with Crippen molar-refractivity contribution in [1.29, 1.82) is 0 Å². The highest BCUT2D eigenvalue weighted by molar-refractivity contribution is 6.03. The highest BCUT2D eigenvalue weighted by Gasteiger charge is 2.19. The highest BCUT2D eigenvalue weighted by Crippen LogP contribution is 2.20. The summed E-state index contributed by atoms with van der Waals surface area (Å²) >= 11 is 0. The van der Waals surface area contributed by atoms with Gasteiger partial charge in [-0.25, -0.2) is 14.5 Å². The van der Waals surface area contributed by atoms with E-state index in [1.165, 1.54) is 4.68 Å². The van der Waals surface area contributed by atoms with Gasteiger partial charge < -0.3 is 5.11 Å². The molecule has 3 aromatic rings. The predicted octanol–water partition coefficient (Wildman–Crippen LogP) is 1.10. The Morgan fingerprint density at radius 1 is 1.15 bits per heavy atom. The van der Waals surface area contributed by atoms with Gasteiger partial charge in [-0.1, -0.05) is 25.1 Å². The van der Waals surface area contributed by atoms with E-state index >= 15 is 0 Å². The van der Waals surface area contributed by atoms with Crippen LogP contribution in [0.4, 0.5) is 5.69 Å². The molecule has 140 valence electrons. The number of H-pyrrole nitrogens is 2. The number of aliphatic imine (C=N–C) groups is 1. The number of benzene rings is 1. The molecule has 3 N–H and O–H groups in total. The number of nitrogens with one attached hydrogen (secondary N) is 2. The molecule has 1 aromatic carbocycles. The first kappa shape index (κ1) is 18.2. The summed E-state index contributed by atoms with van der Waals surface area (Å²) in [5.74, 6) is -0.582. The fourth-order valence-electron chi connectivity index (χ4n) is 2.87. The van der Waals surface area contributed by atoms with Gasteiger partial charge in [0.15, 0.2) is 5.69 Å². The van der Waals surface area contributed by atoms with Gasteiger partial charge in [0.2, 0.25) is 5.88 Å². The number of hydrogen-bond donors (Lipinski definition) is 3. The summed E-state index contributed by atoms with van der Waals surface area (Å²) in [5, 5.41) is 9.98. The second kappa shape index (κ2) is 6.94. The molecule has 0 saturated carbocycles. The summed E-state index contributed by atoms with van der Waals surface area (Å²) in [6.07, 6.45) is 0.266. The molecule has 0 aliphatic rings. The Morgan fingerprint density at radius 3 is 2.41 bits per heavy atom. The largest absolute Gasteiger partial charge is 0.494 e. The lowest BCUT2D eigenvalue weighted by Gasteiger charge is -2.07. The van der Waals surface area contributed by atoms with Crippen molar-refractivity contribution in [3.05, 3.63) is 72.8 Å². The number of nitrogens with zero attached hydrogens (tertiary/aromatic N) is 3. The van der Waals surface area contributed by atoms with Crippen LogP contribution in [0.3, 0.4) is 0 Å². The summed E-state index contributed by atoms with van der Waals surface area (Å²) in [6.45, 7) is 3.47. The van der Waals surface area contributed by atoms with Gasteiger partial charge in [-0.2, -0.15) is 0 Å². The molecule has 9 heteroatoms. The van der Waals surface area contributed by atoms with Crippen LogP contribution in [-0.4, -0.2) is 30.1 Å². The van der Waals surface area contributed by atoms with Gasteiger partial charge >= 0.3 is 5.69 Å². The SMILES string of the molecule is CCC(=Nc1c(C)n(C)n(-c2ccccc2)c1=O)c1c(O)[nH]c(=O)[nH]c1=O. The van der Waals surface area contributed by atoms with Gasteiger partial charge in [-0.15, -0.1) is 0 Å². The Hall–Kier alpha value is -3.62. The average Bonchev–Trinajstić information content (AvgIpc) is 2.83. The summed E-state index contributed by atoms with van der Waals surface area (Å²) < 4.78 is 3.14. The molecule has 0 radical (unpaired) electrons.